The van der Waals surface area contributed by atoms with E-state index in [0.717, 1.165) is 11.1 Å². The molecule has 38 heavy (non-hydrogen) atoms. The molecule has 2 aromatic rings. The van der Waals surface area contributed by atoms with E-state index in [4.69, 9.17) is 10.9 Å². The predicted octanol–water partition coefficient (Wildman–Crippen LogP) is 6.30. The van der Waals surface area contributed by atoms with E-state index >= 15 is 0 Å². The standard InChI is InChI=1S/C13H17F2N3O.C13H19F2N3.CH4/c1-9(18-19)12(3-5-13(14,15)6-4-12)11-7-16-10(2)17-8-11;1-9(16)12(3-5-13(14,15)6-4-12)11-7-17-10(2)18-8-11;/h7-8,19H,3-6H2,1-2H3;7-9H,3-6,16H2,1-2H3;1H4/b18-9-;;. The molecule has 2 aliphatic rings. The van der Waals surface area contributed by atoms with Gasteiger partial charge in [-0.05, 0) is 58.9 Å². The van der Waals surface area contributed by atoms with Crippen molar-refractivity contribution in [2.24, 2.45) is 10.9 Å². The molecule has 4 rings (SSSR count). The molecule has 7 nitrogen and oxygen atoms in total. The Bertz CT molecular complexity index is 1050. The van der Waals surface area contributed by atoms with Crippen molar-refractivity contribution in [1.29, 1.82) is 0 Å². The van der Waals surface area contributed by atoms with Gasteiger partial charge >= 0.3 is 0 Å². The van der Waals surface area contributed by atoms with Gasteiger partial charge in [-0.15, -0.1) is 0 Å². The Hall–Kier alpha value is -2.69. The number of alkyl halides is 4. The zero-order valence-corrected chi connectivity index (χ0v) is 21.8. The molecular weight excluding hydrogens is 500 g/mol. The Labute approximate surface area is 222 Å². The molecule has 2 aromatic heterocycles. The maximum absolute atomic E-state index is 13.4. The van der Waals surface area contributed by atoms with Crippen molar-refractivity contribution in [2.75, 3.05) is 0 Å². The first-order chi connectivity index (χ1) is 17.3. The minimum Gasteiger partial charge on any atom is -0.411 e. The molecule has 0 saturated heterocycles. The Morgan fingerprint density at radius 3 is 1.53 bits per heavy atom. The number of aryl methyl sites for hydroxylation is 2. The van der Waals surface area contributed by atoms with Crippen LogP contribution in [0.4, 0.5) is 17.6 Å². The molecule has 2 fully saturated rings. The first-order valence-electron chi connectivity index (χ1n) is 12.5. The lowest BCUT2D eigenvalue weighted by atomic mass is 9.65. The van der Waals surface area contributed by atoms with Gasteiger partial charge in [0.05, 0.1) is 5.71 Å². The van der Waals surface area contributed by atoms with Gasteiger partial charge in [-0.1, -0.05) is 12.6 Å². The normalized spacial score (nSPS) is 22.3. The number of nitrogens with two attached hydrogens (primary N) is 1. The van der Waals surface area contributed by atoms with Crippen LogP contribution >= 0.6 is 0 Å². The molecule has 212 valence electrons. The number of aromatic nitrogens is 4. The third-order valence-corrected chi connectivity index (χ3v) is 8.11. The summed E-state index contributed by atoms with van der Waals surface area (Å²) in [7, 11) is 0. The van der Waals surface area contributed by atoms with Crippen molar-refractivity contribution >= 4 is 5.71 Å². The van der Waals surface area contributed by atoms with Crippen LogP contribution in [0.15, 0.2) is 29.9 Å². The lowest BCUT2D eigenvalue weighted by Gasteiger charge is -2.43. The van der Waals surface area contributed by atoms with Gasteiger partial charge in [-0.3, -0.25) is 0 Å². The zero-order valence-electron chi connectivity index (χ0n) is 21.8. The maximum atomic E-state index is 13.4. The largest absolute Gasteiger partial charge is 0.411 e. The van der Waals surface area contributed by atoms with Crippen LogP contribution in [0.25, 0.3) is 0 Å². The fraction of sp³-hybridized carbons (Fsp3) is 0.667. The van der Waals surface area contributed by atoms with E-state index < -0.39 is 22.7 Å². The quantitative estimate of drug-likeness (QED) is 0.204. The summed E-state index contributed by atoms with van der Waals surface area (Å²) >= 11 is 0. The maximum Gasteiger partial charge on any atom is 0.248 e. The average Bonchev–Trinajstić information content (AvgIpc) is 2.85. The van der Waals surface area contributed by atoms with Crippen LogP contribution in [0.3, 0.4) is 0 Å². The lowest BCUT2D eigenvalue weighted by molar-refractivity contribution is -0.0548. The van der Waals surface area contributed by atoms with E-state index in [1.54, 1.807) is 45.6 Å². The van der Waals surface area contributed by atoms with Crippen LogP contribution in [0, 0.1) is 13.8 Å². The molecule has 0 aliphatic heterocycles. The van der Waals surface area contributed by atoms with E-state index in [0.29, 0.717) is 30.2 Å². The summed E-state index contributed by atoms with van der Waals surface area (Å²) in [6.45, 7) is 7.10. The highest BCUT2D eigenvalue weighted by molar-refractivity contribution is 5.92. The van der Waals surface area contributed by atoms with Crippen molar-refractivity contribution in [3.05, 3.63) is 47.6 Å². The van der Waals surface area contributed by atoms with E-state index in [1.807, 2.05) is 6.92 Å². The van der Waals surface area contributed by atoms with Gasteiger partial charge in [0.15, 0.2) is 0 Å². The smallest absolute Gasteiger partial charge is 0.248 e. The van der Waals surface area contributed by atoms with Crippen molar-refractivity contribution in [1.82, 2.24) is 19.9 Å². The molecule has 0 aromatic carbocycles. The predicted molar refractivity (Wildman–Crippen MR) is 139 cm³/mol. The minimum atomic E-state index is -2.63. The molecule has 11 heteroatoms. The van der Waals surface area contributed by atoms with Crippen LogP contribution < -0.4 is 5.73 Å². The summed E-state index contributed by atoms with van der Waals surface area (Å²) in [6, 6.07) is -0.181. The molecule has 0 amide bonds. The highest BCUT2D eigenvalue weighted by Gasteiger charge is 2.47. The Morgan fingerprint density at radius 1 is 0.789 bits per heavy atom. The van der Waals surface area contributed by atoms with Crippen LogP contribution in [-0.4, -0.2) is 48.7 Å². The number of halogens is 4. The SMILES string of the molecule is C.C/C(=N/O)C1(c2cnc(C)nc2)CCC(F)(F)CC1.Cc1ncc(C2(C(C)N)CCC(F)(F)CC2)cn1. The molecule has 1 atom stereocenters. The first-order valence-corrected chi connectivity index (χ1v) is 12.5. The Kier molecular flexibility index (Phi) is 9.96. The highest BCUT2D eigenvalue weighted by Crippen LogP contribution is 2.47. The summed E-state index contributed by atoms with van der Waals surface area (Å²) in [5, 5.41) is 12.3. The number of nitrogens with zero attached hydrogens (tertiary/aromatic N) is 5. The van der Waals surface area contributed by atoms with E-state index in [2.05, 4.69) is 25.1 Å². The lowest BCUT2D eigenvalue weighted by Crippen LogP contribution is -2.48. The van der Waals surface area contributed by atoms with Crippen molar-refractivity contribution in [3.8, 4) is 0 Å². The van der Waals surface area contributed by atoms with E-state index in [-0.39, 0.29) is 52.0 Å². The summed E-state index contributed by atoms with van der Waals surface area (Å²) in [6.07, 6.45) is 7.36. The van der Waals surface area contributed by atoms with E-state index in [9.17, 15) is 17.6 Å². The summed E-state index contributed by atoms with van der Waals surface area (Å²) in [4.78, 5) is 16.6. The van der Waals surface area contributed by atoms with Crippen molar-refractivity contribution < 1.29 is 22.8 Å². The van der Waals surface area contributed by atoms with Crippen LogP contribution in [-0.2, 0) is 10.8 Å². The second-order valence-corrected chi connectivity index (χ2v) is 10.5. The average molecular weight is 541 g/mol. The third kappa shape index (κ3) is 6.84. The van der Waals surface area contributed by atoms with Crippen LogP contribution in [0.1, 0.15) is 95.4 Å². The molecule has 1 unspecified atom stereocenters. The van der Waals surface area contributed by atoms with Gasteiger partial charge in [0, 0.05) is 72.9 Å². The van der Waals surface area contributed by atoms with Gasteiger partial charge in [-0.2, -0.15) is 0 Å². The number of hydrogen-bond acceptors (Lipinski definition) is 7. The molecular formula is C27H40F4N6O. The molecule has 0 radical (unpaired) electrons. The van der Waals surface area contributed by atoms with Gasteiger partial charge in [0.1, 0.15) is 11.6 Å². The molecule has 2 heterocycles. The van der Waals surface area contributed by atoms with Gasteiger partial charge in [0.25, 0.3) is 0 Å². The second-order valence-electron chi connectivity index (χ2n) is 10.5. The minimum absolute atomic E-state index is 0. The third-order valence-electron chi connectivity index (χ3n) is 8.11. The highest BCUT2D eigenvalue weighted by atomic mass is 19.3. The summed E-state index contributed by atoms with van der Waals surface area (Å²) < 4.78 is 53.4. The monoisotopic (exact) mass is 540 g/mol. The van der Waals surface area contributed by atoms with Crippen LogP contribution in [0.2, 0.25) is 0 Å². The fourth-order valence-corrected chi connectivity index (χ4v) is 5.36. The Morgan fingerprint density at radius 2 is 1.16 bits per heavy atom. The zero-order chi connectivity index (χ0) is 27.5. The fourth-order valence-electron chi connectivity index (χ4n) is 5.36. The Balaban J connectivity index is 0.000000260. The molecule has 2 saturated carbocycles. The molecule has 3 N–H and O–H groups in total. The van der Waals surface area contributed by atoms with Gasteiger partial charge in [0.2, 0.25) is 11.8 Å². The number of oxime groups is 1. The number of rotatable bonds is 4. The summed E-state index contributed by atoms with van der Waals surface area (Å²) in [5.41, 5.74) is 7.04. The first kappa shape index (κ1) is 31.5. The van der Waals surface area contributed by atoms with E-state index in [1.165, 1.54) is 0 Å². The van der Waals surface area contributed by atoms with Crippen LogP contribution in [0.5, 0.6) is 0 Å². The molecule has 0 bridgehead atoms. The van der Waals surface area contributed by atoms with Crippen molar-refractivity contribution in [2.45, 2.75) is 115 Å². The summed E-state index contributed by atoms with van der Waals surface area (Å²) in [5.74, 6) is -3.88. The number of hydrogen-bond donors (Lipinski definition) is 2. The molecule has 2 aliphatic carbocycles. The molecule has 0 spiro atoms. The second kappa shape index (κ2) is 12.0. The van der Waals surface area contributed by atoms with Crippen molar-refractivity contribution in [3.63, 3.8) is 0 Å². The topological polar surface area (TPSA) is 110 Å². The van der Waals surface area contributed by atoms with Gasteiger partial charge < -0.3 is 10.9 Å². The van der Waals surface area contributed by atoms with Gasteiger partial charge in [-0.25, -0.2) is 37.5 Å².